The molecular formula is C30H31N3O2S. The third-order valence-electron chi connectivity index (χ3n) is 7.22. The number of carbonyl (C=O) groups is 1. The zero-order chi connectivity index (χ0) is 24.6. The standard InChI is InChI=1S/C30H31N3O2S/c1-3-35-23-15-13-21(14-16-23)28-26-11-7-17-32(26)29-25(24-10-4-5-12-27(24)36-29)19-33(28)30(34)31-22-9-6-8-20(2)18-22/h6-9,11,13-18,28H,3-5,10,12,19H2,1-2H3,(H,31,34)/t28-/m0/s1. The van der Waals surface area contributed by atoms with Crippen molar-refractivity contribution in [2.45, 2.75) is 52.1 Å². The van der Waals surface area contributed by atoms with Crippen molar-refractivity contribution < 1.29 is 9.53 Å². The molecule has 2 aromatic carbocycles. The van der Waals surface area contributed by atoms with Gasteiger partial charge in [-0.05, 0) is 92.6 Å². The van der Waals surface area contributed by atoms with Gasteiger partial charge < -0.3 is 19.5 Å². The van der Waals surface area contributed by atoms with Crippen LogP contribution in [0.25, 0.3) is 5.00 Å². The van der Waals surface area contributed by atoms with Crippen molar-refractivity contribution in [3.05, 3.63) is 99.7 Å². The van der Waals surface area contributed by atoms with Crippen LogP contribution in [0.15, 0.2) is 66.9 Å². The molecule has 6 heteroatoms. The van der Waals surface area contributed by atoms with E-state index >= 15 is 0 Å². The maximum Gasteiger partial charge on any atom is 0.322 e. The average Bonchev–Trinajstić information content (AvgIpc) is 3.47. The Labute approximate surface area is 216 Å². The van der Waals surface area contributed by atoms with E-state index in [9.17, 15) is 4.79 Å². The van der Waals surface area contributed by atoms with Crippen LogP contribution < -0.4 is 10.1 Å². The molecule has 36 heavy (non-hydrogen) atoms. The number of carbonyl (C=O) groups excluding carboxylic acids is 1. The molecule has 2 amide bonds. The highest BCUT2D eigenvalue weighted by molar-refractivity contribution is 7.15. The molecule has 0 fully saturated rings. The minimum atomic E-state index is -0.223. The molecule has 0 spiro atoms. The van der Waals surface area contributed by atoms with Crippen LogP contribution in [0.5, 0.6) is 5.75 Å². The van der Waals surface area contributed by atoms with Crippen LogP contribution in [-0.4, -0.2) is 22.1 Å². The van der Waals surface area contributed by atoms with E-state index in [1.807, 2.05) is 66.5 Å². The Morgan fingerprint density at radius 2 is 1.89 bits per heavy atom. The number of nitrogens with zero attached hydrogens (tertiary/aromatic N) is 2. The second-order valence-corrected chi connectivity index (χ2v) is 10.7. The number of rotatable bonds is 4. The van der Waals surface area contributed by atoms with Crippen LogP contribution in [0.4, 0.5) is 10.5 Å². The first kappa shape index (κ1) is 22.9. The predicted octanol–water partition coefficient (Wildman–Crippen LogP) is 7.26. The van der Waals surface area contributed by atoms with Crippen LogP contribution in [0.1, 0.15) is 58.6 Å². The highest BCUT2D eigenvalue weighted by atomic mass is 32.1. The van der Waals surface area contributed by atoms with Gasteiger partial charge in [0.2, 0.25) is 0 Å². The lowest BCUT2D eigenvalue weighted by molar-refractivity contribution is 0.194. The molecule has 2 aliphatic rings. The van der Waals surface area contributed by atoms with Gasteiger partial charge in [0.25, 0.3) is 0 Å². The highest BCUT2D eigenvalue weighted by Gasteiger charge is 2.36. The number of ether oxygens (including phenoxy) is 1. The van der Waals surface area contributed by atoms with Crippen molar-refractivity contribution in [1.29, 1.82) is 0 Å². The molecule has 0 saturated heterocycles. The van der Waals surface area contributed by atoms with Crippen molar-refractivity contribution in [2.24, 2.45) is 0 Å². The summed E-state index contributed by atoms with van der Waals surface area (Å²) in [5, 5.41) is 4.46. The van der Waals surface area contributed by atoms with Gasteiger partial charge in [-0.1, -0.05) is 24.3 Å². The van der Waals surface area contributed by atoms with Crippen molar-refractivity contribution in [3.8, 4) is 10.8 Å². The Balaban J connectivity index is 1.47. The third-order valence-corrected chi connectivity index (χ3v) is 8.55. The topological polar surface area (TPSA) is 46.5 Å². The summed E-state index contributed by atoms with van der Waals surface area (Å²) < 4.78 is 8.01. The number of hydrogen-bond donors (Lipinski definition) is 1. The van der Waals surface area contributed by atoms with Crippen molar-refractivity contribution in [3.63, 3.8) is 0 Å². The van der Waals surface area contributed by atoms with Crippen molar-refractivity contribution >= 4 is 23.1 Å². The molecule has 1 N–H and O–H groups in total. The van der Waals surface area contributed by atoms with E-state index < -0.39 is 0 Å². The fourth-order valence-corrected chi connectivity index (χ4v) is 6.97. The molecule has 3 heterocycles. The van der Waals surface area contributed by atoms with Gasteiger partial charge >= 0.3 is 6.03 Å². The van der Waals surface area contributed by atoms with Crippen molar-refractivity contribution in [1.82, 2.24) is 9.47 Å². The minimum Gasteiger partial charge on any atom is -0.494 e. The van der Waals surface area contributed by atoms with Gasteiger partial charge in [-0.2, -0.15) is 0 Å². The van der Waals surface area contributed by atoms with E-state index in [2.05, 4.69) is 40.3 Å². The van der Waals surface area contributed by atoms with Gasteiger partial charge in [0.1, 0.15) is 10.8 Å². The van der Waals surface area contributed by atoms with Gasteiger partial charge in [0, 0.05) is 22.3 Å². The van der Waals surface area contributed by atoms with E-state index in [4.69, 9.17) is 4.74 Å². The number of thiophene rings is 1. The maximum atomic E-state index is 14.0. The maximum absolute atomic E-state index is 14.0. The molecule has 6 rings (SSSR count). The number of amides is 2. The van der Waals surface area contributed by atoms with Gasteiger partial charge in [-0.25, -0.2) is 4.79 Å². The molecular weight excluding hydrogens is 466 g/mol. The lowest BCUT2D eigenvalue weighted by atomic mass is 9.95. The summed E-state index contributed by atoms with van der Waals surface area (Å²) in [5.41, 5.74) is 6.88. The van der Waals surface area contributed by atoms with E-state index in [0.717, 1.165) is 41.1 Å². The summed E-state index contributed by atoms with van der Waals surface area (Å²) in [6, 6.07) is 20.1. The summed E-state index contributed by atoms with van der Waals surface area (Å²) in [4.78, 5) is 17.5. The molecule has 2 aromatic heterocycles. The highest BCUT2D eigenvalue weighted by Crippen LogP contribution is 2.44. The fraction of sp³-hybridized carbons (Fsp3) is 0.300. The Kier molecular flexibility index (Phi) is 6.05. The Hall–Kier alpha value is -3.51. The largest absolute Gasteiger partial charge is 0.494 e. The zero-order valence-corrected chi connectivity index (χ0v) is 21.6. The first-order chi connectivity index (χ1) is 17.6. The Bertz CT molecular complexity index is 1400. The predicted molar refractivity (Wildman–Crippen MR) is 145 cm³/mol. The second kappa shape index (κ2) is 9.51. The smallest absolute Gasteiger partial charge is 0.322 e. The van der Waals surface area contributed by atoms with Crippen LogP contribution in [0, 0.1) is 6.92 Å². The molecule has 1 aliphatic heterocycles. The third kappa shape index (κ3) is 4.09. The average molecular weight is 498 g/mol. The summed E-state index contributed by atoms with van der Waals surface area (Å²) >= 11 is 1.91. The van der Waals surface area contributed by atoms with Crippen LogP contribution in [0.3, 0.4) is 0 Å². The molecule has 1 atom stereocenters. The number of hydrogen-bond acceptors (Lipinski definition) is 3. The number of nitrogens with one attached hydrogen (secondary N) is 1. The zero-order valence-electron chi connectivity index (χ0n) is 20.8. The molecule has 5 nitrogen and oxygen atoms in total. The van der Waals surface area contributed by atoms with Crippen molar-refractivity contribution in [2.75, 3.05) is 11.9 Å². The number of benzene rings is 2. The summed E-state index contributed by atoms with van der Waals surface area (Å²) in [7, 11) is 0. The second-order valence-electron chi connectivity index (χ2n) is 9.63. The molecule has 0 saturated carbocycles. The van der Waals surface area contributed by atoms with E-state index in [1.54, 1.807) is 0 Å². The number of anilines is 1. The number of urea groups is 1. The number of aryl methyl sites for hydroxylation is 2. The lowest BCUT2D eigenvalue weighted by Crippen LogP contribution is -2.38. The van der Waals surface area contributed by atoms with Crippen LogP contribution >= 0.6 is 11.3 Å². The molecule has 0 radical (unpaired) electrons. The summed E-state index contributed by atoms with van der Waals surface area (Å²) in [6.07, 6.45) is 6.85. The normalized spacial score (nSPS) is 16.5. The van der Waals surface area contributed by atoms with Crippen LogP contribution in [0.2, 0.25) is 0 Å². The van der Waals surface area contributed by atoms with Gasteiger partial charge in [-0.3, -0.25) is 0 Å². The SMILES string of the molecule is CCOc1ccc([C@H]2c3cccn3-c3sc4c(c3CN2C(=O)Nc2cccc(C)c2)CCCC4)cc1. The van der Waals surface area contributed by atoms with Crippen LogP contribution in [-0.2, 0) is 19.4 Å². The first-order valence-corrected chi connectivity index (χ1v) is 13.6. The van der Waals surface area contributed by atoms with Gasteiger partial charge in [0.05, 0.1) is 24.9 Å². The Morgan fingerprint density at radius 1 is 1.06 bits per heavy atom. The van der Waals surface area contributed by atoms with E-state index in [-0.39, 0.29) is 12.1 Å². The van der Waals surface area contributed by atoms with E-state index in [0.29, 0.717) is 13.2 Å². The number of fused-ring (bicyclic) bond motifs is 5. The Morgan fingerprint density at radius 3 is 2.69 bits per heavy atom. The van der Waals surface area contributed by atoms with E-state index in [1.165, 1.54) is 33.8 Å². The summed E-state index contributed by atoms with van der Waals surface area (Å²) in [5.74, 6) is 0.842. The molecule has 1 aliphatic carbocycles. The first-order valence-electron chi connectivity index (χ1n) is 12.8. The molecule has 0 unspecified atom stereocenters. The molecule has 0 bridgehead atoms. The number of aromatic nitrogens is 1. The minimum absolute atomic E-state index is 0.0872. The monoisotopic (exact) mass is 497 g/mol. The molecule has 4 aromatic rings. The van der Waals surface area contributed by atoms with Gasteiger partial charge in [0.15, 0.2) is 0 Å². The molecule has 184 valence electrons. The lowest BCUT2D eigenvalue weighted by Gasteiger charge is -2.31. The quantitative estimate of drug-likeness (QED) is 0.322. The fourth-order valence-electron chi connectivity index (χ4n) is 5.57. The summed E-state index contributed by atoms with van der Waals surface area (Å²) in [6.45, 7) is 5.24. The van der Waals surface area contributed by atoms with Gasteiger partial charge in [-0.15, -0.1) is 11.3 Å².